The van der Waals surface area contributed by atoms with Crippen molar-refractivity contribution in [1.82, 2.24) is 15.1 Å². The summed E-state index contributed by atoms with van der Waals surface area (Å²) >= 11 is 6.23. The molecule has 1 aromatic heterocycles. The molecule has 0 bridgehead atoms. The first-order chi connectivity index (χ1) is 11.4. The number of carbonyl (C=O) groups excluding carboxylic acids is 1. The first kappa shape index (κ1) is 17.0. The second kappa shape index (κ2) is 6.57. The highest BCUT2D eigenvalue weighted by Crippen LogP contribution is 2.50. The highest BCUT2D eigenvalue weighted by atomic mass is 35.5. The third kappa shape index (κ3) is 3.06. The molecule has 0 aliphatic heterocycles. The van der Waals surface area contributed by atoms with Crippen molar-refractivity contribution >= 4 is 17.5 Å². The number of hydrogen-bond acceptors (Lipinski definition) is 3. The van der Waals surface area contributed by atoms with Crippen LogP contribution < -0.4 is 5.32 Å². The number of aromatic nitrogens is 2. The quantitative estimate of drug-likeness (QED) is 0.873. The van der Waals surface area contributed by atoms with Crippen LogP contribution in [-0.4, -0.2) is 27.4 Å². The van der Waals surface area contributed by atoms with Gasteiger partial charge in [0.05, 0.1) is 29.4 Å². The molecule has 1 saturated carbocycles. The average Bonchev–Trinajstić information content (AvgIpc) is 2.91. The Balaban J connectivity index is 1.90. The summed E-state index contributed by atoms with van der Waals surface area (Å²) in [5, 5.41) is 17.7. The summed E-state index contributed by atoms with van der Waals surface area (Å²) in [6.45, 7) is 1.97. The number of hydrogen-bond donors (Lipinski definition) is 2. The Morgan fingerprint density at radius 1 is 1.50 bits per heavy atom. The molecule has 0 spiro atoms. The maximum Gasteiger partial charge on any atom is 0.253 e. The number of nitrogens with zero attached hydrogens (tertiary/aromatic N) is 2. The number of nitrogens with one attached hydrogen (secondary N) is 1. The highest BCUT2D eigenvalue weighted by Gasteiger charge is 2.45. The van der Waals surface area contributed by atoms with Crippen molar-refractivity contribution in [1.29, 1.82) is 0 Å². The SMILES string of the molecule is Cc1ccc(C(=O)N[C@@H](c2cnn(C)c2)C2(CO)CCC2)c(Cl)c1. The van der Waals surface area contributed by atoms with Gasteiger partial charge < -0.3 is 10.4 Å². The van der Waals surface area contributed by atoms with Crippen LogP contribution >= 0.6 is 11.6 Å². The predicted octanol–water partition coefficient (Wildman–Crippen LogP) is 3.02. The van der Waals surface area contributed by atoms with Crippen LogP contribution in [0.25, 0.3) is 0 Å². The minimum absolute atomic E-state index is 0.0362. The Bertz CT molecular complexity index is 747. The van der Waals surface area contributed by atoms with Gasteiger partial charge in [-0.15, -0.1) is 0 Å². The monoisotopic (exact) mass is 347 g/mol. The van der Waals surface area contributed by atoms with E-state index >= 15 is 0 Å². The summed E-state index contributed by atoms with van der Waals surface area (Å²) in [7, 11) is 1.84. The van der Waals surface area contributed by atoms with E-state index in [1.807, 2.05) is 26.2 Å². The molecule has 24 heavy (non-hydrogen) atoms. The van der Waals surface area contributed by atoms with Crippen molar-refractivity contribution in [3.8, 4) is 0 Å². The molecule has 1 amide bonds. The standard InChI is InChI=1S/C18H22ClN3O2/c1-12-4-5-14(15(19)8-12)17(24)21-16(13-9-20-22(2)10-13)18(11-23)6-3-7-18/h4-5,8-10,16,23H,3,6-7,11H2,1-2H3,(H,21,24)/t16-/m0/s1. The van der Waals surface area contributed by atoms with Gasteiger partial charge in [0.1, 0.15) is 0 Å². The van der Waals surface area contributed by atoms with Gasteiger partial charge in [0.2, 0.25) is 0 Å². The molecule has 1 atom stereocenters. The number of aliphatic hydroxyl groups is 1. The number of aliphatic hydroxyl groups excluding tert-OH is 1. The summed E-state index contributed by atoms with van der Waals surface area (Å²) in [6, 6.07) is 5.10. The second-order valence-electron chi connectivity index (χ2n) is 6.71. The van der Waals surface area contributed by atoms with Crippen molar-refractivity contribution in [3.63, 3.8) is 0 Å². The summed E-state index contributed by atoms with van der Waals surface area (Å²) in [6.07, 6.45) is 6.45. The zero-order valence-corrected chi connectivity index (χ0v) is 14.7. The molecule has 1 heterocycles. The minimum Gasteiger partial charge on any atom is -0.396 e. The van der Waals surface area contributed by atoms with Gasteiger partial charge in [-0.3, -0.25) is 9.48 Å². The van der Waals surface area contributed by atoms with Gasteiger partial charge >= 0.3 is 0 Å². The lowest BCUT2D eigenvalue weighted by atomic mass is 9.63. The van der Waals surface area contributed by atoms with Crippen LogP contribution in [0.2, 0.25) is 5.02 Å². The first-order valence-electron chi connectivity index (χ1n) is 8.12. The van der Waals surface area contributed by atoms with E-state index in [-0.39, 0.29) is 24.0 Å². The van der Waals surface area contributed by atoms with Gasteiger partial charge in [0, 0.05) is 24.2 Å². The van der Waals surface area contributed by atoms with Gasteiger partial charge in [-0.25, -0.2) is 0 Å². The van der Waals surface area contributed by atoms with Crippen LogP contribution in [0.4, 0.5) is 0 Å². The summed E-state index contributed by atoms with van der Waals surface area (Å²) < 4.78 is 1.71. The molecule has 2 N–H and O–H groups in total. The number of halogens is 1. The van der Waals surface area contributed by atoms with E-state index in [4.69, 9.17) is 11.6 Å². The zero-order chi connectivity index (χ0) is 17.3. The largest absolute Gasteiger partial charge is 0.396 e. The van der Waals surface area contributed by atoms with Crippen LogP contribution in [0.5, 0.6) is 0 Å². The Morgan fingerprint density at radius 3 is 2.75 bits per heavy atom. The molecule has 1 aliphatic rings. The van der Waals surface area contributed by atoms with Crippen molar-refractivity contribution in [2.24, 2.45) is 12.5 Å². The topological polar surface area (TPSA) is 67.2 Å². The van der Waals surface area contributed by atoms with Crippen LogP contribution in [0.15, 0.2) is 30.6 Å². The van der Waals surface area contributed by atoms with E-state index in [0.29, 0.717) is 10.6 Å². The molecule has 1 fully saturated rings. The molecule has 0 saturated heterocycles. The molecule has 128 valence electrons. The number of rotatable bonds is 5. The lowest BCUT2D eigenvalue weighted by Gasteiger charge is -2.46. The molecule has 0 radical (unpaired) electrons. The second-order valence-corrected chi connectivity index (χ2v) is 7.12. The first-order valence-corrected chi connectivity index (χ1v) is 8.49. The van der Waals surface area contributed by atoms with E-state index in [2.05, 4.69) is 10.4 Å². The number of amides is 1. The van der Waals surface area contributed by atoms with Crippen LogP contribution in [-0.2, 0) is 7.05 Å². The van der Waals surface area contributed by atoms with Gasteiger partial charge in [-0.05, 0) is 37.5 Å². The number of carbonyl (C=O) groups is 1. The van der Waals surface area contributed by atoms with Crippen LogP contribution in [0, 0.1) is 12.3 Å². The fourth-order valence-corrected chi connectivity index (χ4v) is 3.68. The normalized spacial score (nSPS) is 17.2. The van der Waals surface area contributed by atoms with E-state index in [0.717, 1.165) is 30.4 Å². The number of benzene rings is 1. The van der Waals surface area contributed by atoms with Crippen molar-refractivity contribution in [3.05, 3.63) is 52.3 Å². The smallest absolute Gasteiger partial charge is 0.253 e. The Hall–Kier alpha value is -1.85. The Morgan fingerprint density at radius 2 is 2.25 bits per heavy atom. The van der Waals surface area contributed by atoms with Crippen molar-refractivity contribution in [2.75, 3.05) is 6.61 Å². The summed E-state index contributed by atoms with van der Waals surface area (Å²) in [5.41, 5.74) is 2.04. The third-order valence-corrected chi connectivity index (χ3v) is 5.29. The number of aryl methyl sites for hydroxylation is 2. The molecule has 1 aromatic carbocycles. The average molecular weight is 348 g/mol. The molecule has 0 unspecified atom stereocenters. The van der Waals surface area contributed by atoms with Crippen molar-refractivity contribution < 1.29 is 9.90 Å². The molecule has 3 rings (SSSR count). The summed E-state index contributed by atoms with van der Waals surface area (Å²) in [5.74, 6) is -0.228. The van der Waals surface area contributed by atoms with E-state index in [9.17, 15) is 9.90 Å². The maximum absolute atomic E-state index is 12.8. The Kier molecular flexibility index (Phi) is 4.65. The van der Waals surface area contributed by atoms with Crippen LogP contribution in [0.3, 0.4) is 0 Å². The molecule has 1 aliphatic carbocycles. The van der Waals surface area contributed by atoms with Crippen molar-refractivity contribution in [2.45, 2.75) is 32.2 Å². The maximum atomic E-state index is 12.8. The molecular formula is C18H22ClN3O2. The summed E-state index contributed by atoms with van der Waals surface area (Å²) in [4.78, 5) is 12.8. The van der Waals surface area contributed by atoms with Gasteiger partial charge in [0.15, 0.2) is 0 Å². The predicted molar refractivity (Wildman–Crippen MR) is 93.0 cm³/mol. The molecule has 5 nitrogen and oxygen atoms in total. The molecule has 6 heteroatoms. The lowest BCUT2D eigenvalue weighted by molar-refractivity contribution is 0.00598. The zero-order valence-electron chi connectivity index (χ0n) is 13.9. The van der Waals surface area contributed by atoms with E-state index in [1.54, 1.807) is 23.0 Å². The lowest BCUT2D eigenvalue weighted by Crippen LogP contribution is -2.47. The molecular weight excluding hydrogens is 326 g/mol. The minimum atomic E-state index is -0.324. The highest BCUT2D eigenvalue weighted by molar-refractivity contribution is 6.33. The molecule has 2 aromatic rings. The van der Waals surface area contributed by atoms with Crippen LogP contribution in [0.1, 0.15) is 46.8 Å². The fourth-order valence-electron chi connectivity index (χ4n) is 3.36. The van der Waals surface area contributed by atoms with E-state index in [1.165, 1.54) is 0 Å². The van der Waals surface area contributed by atoms with Gasteiger partial charge in [0.25, 0.3) is 5.91 Å². The third-order valence-electron chi connectivity index (χ3n) is 4.98. The van der Waals surface area contributed by atoms with Gasteiger partial charge in [-0.2, -0.15) is 5.10 Å². The van der Waals surface area contributed by atoms with E-state index < -0.39 is 0 Å². The van der Waals surface area contributed by atoms with Gasteiger partial charge in [-0.1, -0.05) is 24.1 Å². The fraction of sp³-hybridized carbons (Fsp3) is 0.444. The Labute approximate surface area is 146 Å².